The minimum Gasteiger partial charge on any atom is -0.461 e. The van der Waals surface area contributed by atoms with E-state index in [-0.39, 0.29) is 17.9 Å². The molecule has 94 valence electrons. The SMILES string of the molecule is CCOC(=O)c1[nH]c2c(C)c(F)ccc2c1C=O. The third-order valence-electron chi connectivity index (χ3n) is 2.81. The van der Waals surface area contributed by atoms with Crippen molar-refractivity contribution in [2.75, 3.05) is 6.61 Å². The van der Waals surface area contributed by atoms with Gasteiger partial charge in [-0.15, -0.1) is 0 Å². The van der Waals surface area contributed by atoms with Crippen LogP contribution >= 0.6 is 0 Å². The van der Waals surface area contributed by atoms with Gasteiger partial charge in [-0.3, -0.25) is 4.79 Å². The molecule has 2 aromatic rings. The van der Waals surface area contributed by atoms with Crippen LogP contribution in [-0.2, 0) is 4.74 Å². The van der Waals surface area contributed by atoms with Gasteiger partial charge in [0.1, 0.15) is 11.5 Å². The largest absolute Gasteiger partial charge is 0.461 e. The van der Waals surface area contributed by atoms with Crippen molar-refractivity contribution >= 4 is 23.2 Å². The van der Waals surface area contributed by atoms with E-state index in [0.29, 0.717) is 22.8 Å². The van der Waals surface area contributed by atoms with Gasteiger partial charge in [0.25, 0.3) is 0 Å². The number of hydrogen-bond acceptors (Lipinski definition) is 3. The molecule has 0 spiro atoms. The minimum atomic E-state index is -0.615. The van der Waals surface area contributed by atoms with Crippen LogP contribution in [0.1, 0.15) is 33.3 Å². The van der Waals surface area contributed by atoms with Gasteiger partial charge in [0.15, 0.2) is 6.29 Å². The number of aldehydes is 1. The highest BCUT2D eigenvalue weighted by atomic mass is 19.1. The quantitative estimate of drug-likeness (QED) is 0.672. The number of ether oxygens (including phenoxy) is 1. The molecule has 0 fully saturated rings. The number of aromatic amines is 1. The Bertz CT molecular complexity index is 631. The third-order valence-corrected chi connectivity index (χ3v) is 2.81. The van der Waals surface area contributed by atoms with Crippen LogP contribution in [0.5, 0.6) is 0 Å². The molecule has 0 unspecified atom stereocenters. The van der Waals surface area contributed by atoms with Crippen molar-refractivity contribution in [1.29, 1.82) is 0 Å². The normalized spacial score (nSPS) is 10.6. The number of hydrogen-bond donors (Lipinski definition) is 1. The molecule has 1 aromatic heterocycles. The summed E-state index contributed by atoms with van der Waals surface area (Å²) in [6.07, 6.45) is 0.572. The number of aryl methyl sites for hydroxylation is 1. The summed E-state index contributed by atoms with van der Waals surface area (Å²) in [4.78, 5) is 25.5. The highest BCUT2D eigenvalue weighted by Crippen LogP contribution is 2.26. The Balaban J connectivity index is 2.72. The molecule has 2 rings (SSSR count). The van der Waals surface area contributed by atoms with Crippen LogP contribution in [0.2, 0.25) is 0 Å². The molecule has 0 radical (unpaired) electrons. The fourth-order valence-electron chi connectivity index (χ4n) is 1.89. The number of benzene rings is 1. The van der Waals surface area contributed by atoms with Crippen LogP contribution in [0.15, 0.2) is 12.1 Å². The van der Waals surface area contributed by atoms with Gasteiger partial charge < -0.3 is 9.72 Å². The standard InChI is InChI=1S/C13H12FNO3/c1-3-18-13(17)12-9(6-16)8-4-5-10(14)7(2)11(8)15-12/h4-6,15H,3H2,1-2H3. The van der Waals surface area contributed by atoms with E-state index in [1.807, 2.05) is 0 Å². The Morgan fingerprint density at radius 1 is 1.50 bits per heavy atom. The number of nitrogens with one attached hydrogen (secondary N) is 1. The zero-order valence-corrected chi connectivity index (χ0v) is 10.0. The van der Waals surface area contributed by atoms with Crippen molar-refractivity contribution < 1.29 is 18.7 Å². The second kappa shape index (κ2) is 4.60. The van der Waals surface area contributed by atoms with E-state index in [9.17, 15) is 14.0 Å². The molecule has 0 aliphatic heterocycles. The highest BCUT2D eigenvalue weighted by Gasteiger charge is 2.20. The Kier molecular flexibility index (Phi) is 3.14. The lowest BCUT2D eigenvalue weighted by Gasteiger charge is -1.99. The smallest absolute Gasteiger partial charge is 0.355 e. The summed E-state index contributed by atoms with van der Waals surface area (Å²) in [5.74, 6) is -1.01. The number of halogens is 1. The molecule has 1 heterocycles. The molecule has 5 heteroatoms. The number of H-pyrrole nitrogens is 1. The van der Waals surface area contributed by atoms with E-state index in [1.54, 1.807) is 13.8 Å². The zero-order valence-electron chi connectivity index (χ0n) is 10.0. The van der Waals surface area contributed by atoms with Crippen molar-refractivity contribution in [2.24, 2.45) is 0 Å². The molecule has 0 aliphatic rings. The zero-order chi connectivity index (χ0) is 13.3. The first-order chi connectivity index (χ1) is 8.60. The predicted molar refractivity (Wildman–Crippen MR) is 64.3 cm³/mol. The lowest BCUT2D eigenvalue weighted by Crippen LogP contribution is -2.07. The van der Waals surface area contributed by atoms with Gasteiger partial charge in [-0.1, -0.05) is 0 Å². The first-order valence-corrected chi connectivity index (χ1v) is 5.53. The van der Waals surface area contributed by atoms with E-state index >= 15 is 0 Å². The van der Waals surface area contributed by atoms with Crippen LogP contribution in [0.4, 0.5) is 4.39 Å². The maximum atomic E-state index is 13.4. The first kappa shape index (κ1) is 12.3. The number of rotatable bonds is 3. The van der Waals surface area contributed by atoms with Gasteiger partial charge in [-0.2, -0.15) is 0 Å². The fraction of sp³-hybridized carbons (Fsp3) is 0.231. The molecular formula is C13H12FNO3. The van der Waals surface area contributed by atoms with Gasteiger partial charge in [-0.25, -0.2) is 9.18 Å². The first-order valence-electron chi connectivity index (χ1n) is 5.53. The molecule has 0 saturated heterocycles. The number of esters is 1. The molecule has 0 atom stereocenters. The topological polar surface area (TPSA) is 59.2 Å². The van der Waals surface area contributed by atoms with Gasteiger partial charge >= 0.3 is 5.97 Å². The average Bonchev–Trinajstić information content (AvgIpc) is 2.73. The lowest BCUT2D eigenvalue weighted by molar-refractivity contribution is 0.0518. The number of carbonyl (C=O) groups is 2. The fourth-order valence-corrected chi connectivity index (χ4v) is 1.89. The van der Waals surface area contributed by atoms with E-state index < -0.39 is 11.8 Å². The van der Waals surface area contributed by atoms with Gasteiger partial charge in [0, 0.05) is 10.9 Å². The molecule has 4 nitrogen and oxygen atoms in total. The lowest BCUT2D eigenvalue weighted by atomic mass is 10.1. The summed E-state index contributed by atoms with van der Waals surface area (Å²) in [6.45, 7) is 3.46. The Morgan fingerprint density at radius 2 is 2.22 bits per heavy atom. The van der Waals surface area contributed by atoms with E-state index in [1.165, 1.54) is 12.1 Å². The minimum absolute atomic E-state index is 0.0653. The summed E-state index contributed by atoms with van der Waals surface area (Å²) in [5.41, 5.74) is 1.08. The second-order valence-corrected chi connectivity index (χ2v) is 3.85. The second-order valence-electron chi connectivity index (χ2n) is 3.85. The van der Waals surface area contributed by atoms with Crippen molar-refractivity contribution in [2.45, 2.75) is 13.8 Å². The number of carbonyl (C=O) groups excluding carboxylic acids is 2. The van der Waals surface area contributed by atoms with E-state index in [4.69, 9.17) is 4.74 Å². The van der Waals surface area contributed by atoms with E-state index in [0.717, 1.165) is 0 Å². The Hall–Kier alpha value is -2.17. The molecule has 1 N–H and O–H groups in total. The predicted octanol–water partition coefficient (Wildman–Crippen LogP) is 2.60. The molecule has 18 heavy (non-hydrogen) atoms. The Labute approximate surface area is 103 Å². The maximum absolute atomic E-state index is 13.4. The van der Waals surface area contributed by atoms with Crippen LogP contribution < -0.4 is 0 Å². The summed E-state index contributed by atoms with van der Waals surface area (Å²) < 4.78 is 18.3. The summed E-state index contributed by atoms with van der Waals surface area (Å²) in [7, 11) is 0. The van der Waals surface area contributed by atoms with Gasteiger partial charge in [0.05, 0.1) is 17.7 Å². The number of aromatic nitrogens is 1. The van der Waals surface area contributed by atoms with Crippen LogP contribution in [-0.4, -0.2) is 23.8 Å². The van der Waals surface area contributed by atoms with Crippen LogP contribution in [0.25, 0.3) is 10.9 Å². The maximum Gasteiger partial charge on any atom is 0.355 e. The Morgan fingerprint density at radius 3 is 2.83 bits per heavy atom. The molecule has 0 saturated carbocycles. The molecule has 0 bridgehead atoms. The average molecular weight is 249 g/mol. The van der Waals surface area contributed by atoms with Crippen molar-refractivity contribution in [1.82, 2.24) is 4.98 Å². The van der Waals surface area contributed by atoms with Crippen LogP contribution in [0.3, 0.4) is 0 Å². The van der Waals surface area contributed by atoms with Gasteiger partial charge in [0.2, 0.25) is 0 Å². The molecule has 0 amide bonds. The highest BCUT2D eigenvalue weighted by molar-refractivity contribution is 6.08. The van der Waals surface area contributed by atoms with Crippen molar-refractivity contribution in [3.8, 4) is 0 Å². The van der Waals surface area contributed by atoms with Gasteiger partial charge in [-0.05, 0) is 26.0 Å². The number of fused-ring (bicyclic) bond motifs is 1. The monoisotopic (exact) mass is 249 g/mol. The summed E-state index contributed by atoms with van der Waals surface area (Å²) in [5, 5.41) is 0.520. The molecular weight excluding hydrogens is 237 g/mol. The van der Waals surface area contributed by atoms with Crippen molar-refractivity contribution in [3.05, 3.63) is 34.8 Å². The van der Waals surface area contributed by atoms with E-state index in [2.05, 4.69) is 4.98 Å². The van der Waals surface area contributed by atoms with Crippen molar-refractivity contribution in [3.63, 3.8) is 0 Å². The third kappa shape index (κ3) is 1.77. The van der Waals surface area contributed by atoms with Crippen LogP contribution in [0, 0.1) is 12.7 Å². The molecule has 1 aromatic carbocycles. The summed E-state index contributed by atoms with van der Waals surface area (Å²) >= 11 is 0. The summed E-state index contributed by atoms with van der Waals surface area (Å²) in [6, 6.07) is 2.74. The molecule has 0 aliphatic carbocycles.